The Kier molecular flexibility index (Phi) is 5.59. The van der Waals surface area contributed by atoms with Crippen molar-refractivity contribution < 1.29 is 4.39 Å². The normalized spacial score (nSPS) is 17.6. The van der Waals surface area contributed by atoms with Gasteiger partial charge < -0.3 is 0 Å². The predicted octanol–water partition coefficient (Wildman–Crippen LogP) is 5.29. The number of hydrogen-bond acceptors (Lipinski definition) is 1. The van der Waals surface area contributed by atoms with E-state index in [0.29, 0.717) is 6.42 Å². The molecule has 0 unspecified atom stereocenters. The zero-order valence-electron chi connectivity index (χ0n) is 12.2. The Balaban J connectivity index is 2.10. The average molecular weight is 273 g/mol. The average Bonchev–Trinajstić information content (AvgIpc) is 2.53. The lowest BCUT2D eigenvalue weighted by Crippen LogP contribution is -2.29. The molecule has 108 valence electrons. The lowest BCUT2D eigenvalue weighted by atomic mass is 9.66. The van der Waals surface area contributed by atoms with Crippen LogP contribution < -0.4 is 0 Å². The summed E-state index contributed by atoms with van der Waals surface area (Å²) in [5, 5.41) is 8.92. The molecule has 0 bridgehead atoms. The Morgan fingerprint density at radius 1 is 1.00 bits per heavy atom. The number of benzene rings is 1. The van der Waals surface area contributed by atoms with Crippen molar-refractivity contribution in [2.75, 3.05) is 6.67 Å². The molecule has 1 fully saturated rings. The van der Waals surface area contributed by atoms with Gasteiger partial charge in [0.2, 0.25) is 0 Å². The monoisotopic (exact) mass is 273 g/mol. The third kappa shape index (κ3) is 3.60. The fourth-order valence-corrected chi connectivity index (χ4v) is 3.54. The molecule has 0 radical (unpaired) electrons. The quantitative estimate of drug-likeness (QED) is 0.646. The third-order valence-electron chi connectivity index (χ3n) is 4.73. The molecular weight excluding hydrogens is 249 g/mol. The maximum absolute atomic E-state index is 12.2. The van der Waals surface area contributed by atoms with Gasteiger partial charge in [-0.1, -0.05) is 44.2 Å². The SMILES string of the molecule is N#Cc1ccc(C2(CCCCCF)CCCCC2)cc1. The van der Waals surface area contributed by atoms with Crippen molar-refractivity contribution >= 4 is 0 Å². The fraction of sp³-hybridized carbons (Fsp3) is 0.611. The molecule has 2 heteroatoms. The molecule has 2 rings (SSSR count). The topological polar surface area (TPSA) is 23.8 Å². The highest BCUT2D eigenvalue weighted by atomic mass is 19.1. The van der Waals surface area contributed by atoms with Crippen molar-refractivity contribution in [1.29, 1.82) is 5.26 Å². The first-order valence-electron chi connectivity index (χ1n) is 7.87. The van der Waals surface area contributed by atoms with Crippen LogP contribution >= 0.6 is 0 Å². The van der Waals surface area contributed by atoms with Crippen molar-refractivity contribution in [2.24, 2.45) is 0 Å². The van der Waals surface area contributed by atoms with Gasteiger partial charge in [-0.25, -0.2) is 0 Å². The minimum atomic E-state index is -0.191. The van der Waals surface area contributed by atoms with Gasteiger partial charge in [0.15, 0.2) is 0 Å². The van der Waals surface area contributed by atoms with Crippen LogP contribution in [0.15, 0.2) is 24.3 Å². The molecule has 1 aliphatic rings. The molecule has 1 aromatic rings. The molecule has 0 aliphatic heterocycles. The second kappa shape index (κ2) is 7.43. The van der Waals surface area contributed by atoms with E-state index in [0.717, 1.165) is 18.4 Å². The van der Waals surface area contributed by atoms with Crippen LogP contribution in [0.4, 0.5) is 4.39 Å². The van der Waals surface area contributed by atoms with Gasteiger partial charge in [-0.2, -0.15) is 5.26 Å². The molecule has 0 N–H and O–H groups in total. The lowest BCUT2D eigenvalue weighted by Gasteiger charge is -2.38. The molecule has 0 amide bonds. The standard InChI is InChI=1S/C18H24FN/c19-14-6-2-5-13-18(11-3-1-4-12-18)17-9-7-16(15-20)8-10-17/h7-10H,1-6,11-14H2. The van der Waals surface area contributed by atoms with Crippen molar-refractivity contribution in [3.63, 3.8) is 0 Å². The first-order chi connectivity index (χ1) is 9.80. The van der Waals surface area contributed by atoms with Crippen LogP contribution in [0.2, 0.25) is 0 Å². The van der Waals surface area contributed by atoms with Crippen LogP contribution in [-0.4, -0.2) is 6.67 Å². The Morgan fingerprint density at radius 2 is 1.70 bits per heavy atom. The van der Waals surface area contributed by atoms with Gasteiger partial charge in [-0.05, 0) is 48.8 Å². The van der Waals surface area contributed by atoms with Gasteiger partial charge in [-0.15, -0.1) is 0 Å². The summed E-state index contributed by atoms with van der Waals surface area (Å²) in [6.45, 7) is -0.191. The highest BCUT2D eigenvalue weighted by molar-refractivity contribution is 5.35. The second-order valence-electron chi connectivity index (χ2n) is 6.03. The van der Waals surface area contributed by atoms with E-state index in [4.69, 9.17) is 5.26 Å². The largest absolute Gasteiger partial charge is 0.251 e. The molecule has 0 spiro atoms. The summed E-state index contributed by atoms with van der Waals surface area (Å²) < 4.78 is 12.2. The molecule has 1 nitrogen and oxygen atoms in total. The fourth-order valence-electron chi connectivity index (χ4n) is 3.54. The van der Waals surface area contributed by atoms with E-state index in [1.165, 1.54) is 44.1 Å². The van der Waals surface area contributed by atoms with Crippen LogP contribution in [0.5, 0.6) is 0 Å². The molecule has 1 aliphatic carbocycles. The highest BCUT2D eigenvalue weighted by Crippen LogP contribution is 2.43. The van der Waals surface area contributed by atoms with E-state index in [1.54, 1.807) is 0 Å². The van der Waals surface area contributed by atoms with Crippen molar-refractivity contribution in [1.82, 2.24) is 0 Å². The molecule has 0 saturated heterocycles. The zero-order valence-corrected chi connectivity index (χ0v) is 12.2. The Hall–Kier alpha value is -1.36. The smallest absolute Gasteiger partial charge is 0.0991 e. The van der Waals surface area contributed by atoms with Crippen LogP contribution in [0.3, 0.4) is 0 Å². The first-order valence-corrected chi connectivity index (χ1v) is 7.87. The summed E-state index contributed by atoms with van der Waals surface area (Å²) >= 11 is 0. The number of nitrogens with zero attached hydrogens (tertiary/aromatic N) is 1. The zero-order chi connectivity index (χ0) is 14.3. The van der Waals surface area contributed by atoms with E-state index in [9.17, 15) is 4.39 Å². The summed E-state index contributed by atoms with van der Waals surface area (Å²) in [4.78, 5) is 0. The molecule has 1 saturated carbocycles. The highest BCUT2D eigenvalue weighted by Gasteiger charge is 2.33. The lowest BCUT2D eigenvalue weighted by molar-refractivity contribution is 0.264. The predicted molar refractivity (Wildman–Crippen MR) is 80.4 cm³/mol. The van der Waals surface area contributed by atoms with Gasteiger partial charge >= 0.3 is 0 Å². The molecular formula is C18H24FN. The molecule has 0 atom stereocenters. The minimum absolute atomic E-state index is 0.191. The van der Waals surface area contributed by atoms with E-state index >= 15 is 0 Å². The molecule has 20 heavy (non-hydrogen) atoms. The van der Waals surface area contributed by atoms with E-state index in [2.05, 4.69) is 18.2 Å². The Bertz CT molecular complexity index is 437. The van der Waals surface area contributed by atoms with E-state index in [-0.39, 0.29) is 12.1 Å². The summed E-state index contributed by atoms with van der Waals surface area (Å²) in [6, 6.07) is 10.3. The summed E-state index contributed by atoms with van der Waals surface area (Å²) in [5.74, 6) is 0. The van der Waals surface area contributed by atoms with Crippen LogP contribution in [0, 0.1) is 11.3 Å². The van der Waals surface area contributed by atoms with E-state index in [1.807, 2.05) is 12.1 Å². The van der Waals surface area contributed by atoms with Crippen LogP contribution in [0.1, 0.15) is 68.9 Å². The van der Waals surface area contributed by atoms with Gasteiger partial charge in [0.05, 0.1) is 18.3 Å². The van der Waals surface area contributed by atoms with Crippen molar-refractivity contribution in [3.8, 4) is 6.07 Å². The summed E-state index contributed by atoms with van der Waals surface area (Å²) in [7, 11) is 0. The number of hydrogen-bond donors (Lipinski definition) is 0. The van der Waals surface area contributed by atoms with Gasteiger partial charge in [0, 0.05) is 0 Å². The van der Waals surface area contributed by atoms with E-state index < -0.39 is 0 Å². The number of halogens is 1. The van der Waals surface area contributed by atoms with Gasteiger partial charge in [0.25, 0.3) is 0 Å². The minimum Gasteiger partial charge on any atom is -0.251 e. The van der Waals surface area contributed by atoms with Crippen LogP contribution in [-0.2, 0) is 5.41 Å². The number of alkyl halides is 1. The number of unbranched alkanes of at least 4 members (excludes halogenated alkanes) is 2. The second-order valence-corrected chi connectivity index (χ2v) is 6.03. The maximum Gasteiger partial charge on any atom is 0.0991 e. The number of rotatable bonds is 6. The van der Waals surface area contributed by atoms with Gasteiger partial charge in [-0.3, -0.25) is 4.39 Å². The summed E-state index contributed by atoms with van der Waals surface area (Å²) in [6.07, 6.45) is 10.4. The Morgan fingerprint density at radius 3 is 2.30 bits per heavy atom. The molecule has 0 aromatic heterocycles. The molecule has 1 aromatic carbocycles. The van der Waals surface area contributed by atoms with Crippen molar-refractivity contribution in [3.05, 3.63) is 35.4 Å². The van der Waals surface area contributed by atoms with Gasteiger partial charge in [0.1, 0.15) is 0 Å². The maximum atomic E-state index is 12.2. The number of nitriles is 1. The van der Waals surface area contributed by atoms with Crippen molar-refractivity contribution in [2.45, 2.75) is 63.2 Å². The first kappa shape index (κ1) is 15.0. The molecule has 0 heterocycles. The summed E-state index contributed by atoms with van der Waals surface area (Å²) in [5.41, 5.74) is 2.40. The van der Waals surface area contributed by atoms with Crippen LogP contribution in [0.25, 0.3) is 0 Å². The Labute approximate surface area is 121 Å². The third-order valence-corrected chi connectivity index (χ3v) is 4.73.